The zero-order chi connectivity index (χ0) is 23.4. The average Bonchev–Trinajstić information content (AvgIpc) is 3.23. The van der Waals surface area contributed by atoms with Crippen molar-refractivity contribution < 1.29 is 17.9 Å². The van der Waals surface area contributed by atoms with Crippen LogP contribution in [0.2, 0.25) is 0 Å². The topological polar surface area (TPSA) is 97.4 Å². The van der Waals surface area contributed by atoms with E-state index in [-0.39, 0.29) is 13.2 Å². The lowest BCUT2D eigenvalue weighted by molar-refractivity contribution is 0.288. The summed E-state index contributed by atoms with van der Waals surface area (Å²) in [7, 11) is -0.395. The lowest BCUT2D eigenvalue weighted by Crippen LogP contribution is -2.29. The Bertz CT molecular complexity index is 1400. The summed E-state index contributed by atoms with van der Waals surface area (Å²) in [5.41, 5.74) is 5.16. The number of benzene rings is 1. The van der Waals surface area contributed by atoms with Crippen LogP contribution in [0.15, 0.2) is 73.0 Å². The number of nitrogens with zero attached hydrogens (tertiary/aromatic N) is 3. The molecule has 170 valence electrons. The molecule has 0 atom stereocenters. The van der Waals surface area contributed by atoms with Crippen molar-refractivity contribution in [1.29, 1.82) is 0 Å². The number of sulfonamides is 1. The Balaban J connectivity index is 1.75. The number of H-pyrrole nitrogens is 1. The number of nitrogens with one attached hydrogen (secondary N) is 1. The van der Waals surface area contributed by atoms with Crippen molar-refractivity contribution in [3.05, 3.63) is 73.0 Å². The molecule has 9 heteroatoms. The summed E-state index contributed by atoms with van der Waals surface area (Å²) in [5.74, 6) is 1.26. The van der Waals surface area contributed by atoms with Crippen LogP contribution < -0.4 is 9.47 Å². The number of methoxy groups -OCH3 is 1. The molecular formula is C24H24N4O4S. The van der Waals surface area contributed by atoms with Gasteiger partial charge in [-0.1, -0.05) is 18.7 Å². The molecular weight excluding hydrogens is 440 g/mol. The zero-order valence-electron chi connectivity index (χ0n) is 18.4. The van der Waals surface area contributed by atoms with Gasteiger partial charge in [0.2, 0.25) is 10.0 Å². The van der Waals surface area contributed by atoms with Gasteiger partial charge in [0, 0.05) is 42.5 Å². The predicted octanol–water partition coefficient (Wildman–Crippen LogP) is 4.08. The standard InChI is InChI=1S/C24H24N4O4S/c1-4-33(29,30)28(2)13-14-32-21-16-25-12-10-19(21)23-22(17-7-5-8-18(15-17)31-3)24-20(27-23)9-6-11-26-24/h4-12,15-16,27H,1,13-14H2,2-3H3. The summed E-state index contributed by atoms with van der Waals surface area (Å²) in [4.78, 5) is 12.3. The van der Waals surface area contributed by atoms with Crippen molar-refractivity contribution >= 4 is 21.1 Å². The number of aromatic amines is 1. The van der Waals surface area contributed by atoms with E-state index in [1.807, 2.05) is 42.5 Å². The number of hydrogen-bond acceptors (Lipinski definition) is 6. The van der Waals surface area contributed by atoms with Crippen LogP contribution in [0.25, 0.3) is 33.4 Å². The largest absolute Gasteiger partial charge is 0.497 e. The highest BCUT2D eigenvalue weighted by Crippen LogP contribution is 2.41. The van der Waals surface area contributed by atoms with Gasteiger partial charge in [0.25, 0.3) is 0 Å². The fourth-order valence-electron chi connectivity index (χ4n) is 3.52. The minimum Gasteiger partial charge on any atom is -0.497 e. The molecule has 0 aliphatic rings. The molecule has 0 spiro atoms. The molecule has 1 aromatic carbocycles. The van der Waals surface area contributed by atoms with E-state index >= 15 is 0 Å². The molecule has 0 aliphatic carbocycles. The summed E-state index contributed by atoms with van der Waals surface area (Å²) < 4.78 is 36.4. The summed E-state index contributed by atoms with van der Waals surface area (Å²) in [6.45, 7) is 3.66. The maximum Gasteiger partial charge on any atom is 0.235 e. The van der Waals surface area contributed by atoms with Gasteiger partial charge < -0.3 is 14.5 Å². The van der Waals surface area contributed by atoms with Gasteiger partial charge in [0.05, 0.1) is 30.0 Å². The zero-order valence-corrected chi connectivity index (χ0v) is 19.2. The summed E-state index contributed by atoms with van der Waals surface area (Å²) in [5, 5.41) is 0.917. The van der Waals surface area contributed by atoms with E-state index in [0.29, 0.717) is 5.75 Å². The summed E-state index contributed by atoms with van der Waals surface area (Å²) >= 11 is 0. The first-order valence-electron chi connectivity index (χ1n) is 10.2. The average molecular weight is 465 g/mol. The molecule has 0 saturated carbocycles. The van der Waals surface area contributed by atoms with Crippen molar-refractivity contribution in [2.45, 2.75) is 0 Å². The Kier molecular flexibility index (Phi) is 6.43. The fraction of sp³-hybridized carbons (Fsp3) is 0.167. The highest BCUT2D eigenvalue weighted by molar-refractivity contribution is 7.91. The molecule has 3 aromatic heterocycles. The predicted molar refractivity (Wildman–Crippen MR) is 129 cm³/mol. The van der Waals surface area contributed by atoms with Crippen molar-refractivity contribution in [2.75, 3.05) is 27.3 Å². The molecule has 0 bridgehead atoms. The smallest absolute Gasteiger partial charge is 0.235 e. The molecule has 4 rings (SSSR count). The summed E-state index contributed by atoms with van der Waals surface area (Å²) in [6.07, 6.45) is 5.06. The highest BCUT2D eigenvalue weighted by Gasteiger charge is 2.20. The fourth-order valence-corrected chi connectivity index (χ4v) is 4.11. The van der Waals surface area contributed by atoms with Crippen molar-refractivity contribution in [1.82, 2.24) is 19.3 Å². The Morgan fingerprint density at radius 3 is 2.82 bits per heavy atom. The van der Waals surface area contributed by atoms with E-state index in [4.69, 9.17) is 9.47 Å². The van der Waals surface area contributed by atoms with Crippen LogP contribution in [-0.2, 0) is 10.0 Å². The first kappa shape index (κ1) is 22.5. The van der Waals surface area contributed by atoms with E-state index in [0.717, 1.165) is 44.6 Å². The SMILES string of the molecule is C=CS(=O)(=O)N(C)CCOc1cnccc1-c1[nH]c2cccnc2c1-c1cccc(OC)c1. The molecule has 0 amide bonds. The number of likely N-dealkylation sites (N-methyl/N-ethyl adjacent to an activating group) is 1. The molecule has 0 radical (unpaired) electrons. The summed E-state index contributed by atoms with van der Waals surface area (Å²) in [6, 6.07) is 13.5. The Morgan fingerprint density at radius 1 is 1.18 bits per heavy atom. The number of pyridine rings is 2. The van der Waals surface area contributed by atoms with Crippen LogP contribution >= 0.6 is 0 Å². The van der Waals surface area contributed by atoms with Gasteiger partial charge >= 0.3 is 0 Å². The number of fused-ring (bicyclic) bond motifs is 1. The van der Waals surface area contributed by atoms with Gasteiger partial charge in [-0.05, 0) is 35.9 Å². The first-order chi connectivity index (χ1) is 15.9. The molecule has 0 aliphatic heterocycles. The maximum atomic E-state index is 11.9. The minimum atomic E-state index is -3.51. The molecule has 1 N–H and O–H groups in total. The Hall–Kier alpha value is -3.69. The third-order valence-electron chi connectivity index (χ3n) is 5.28. The van der Waals surface area contributed by atoms with Gasteiger partial charge in [0.1, 0.15) is 18.1 Å². The lowest BCUT2D eigenvalue weighted by atomic mass is 10.0. The van der Waals surface area contributed by atoms with Crippen LogP contribution in [0.3, 0.4) is 0 Å². The second-order valence-electron chi connectivity index (χ2n) is 7.26. The van der Waals surface area contributed by atoms with Crippen LogP contribution in [0.1, 0.15) is 0 Å². The number of ether oxygens (including phenoxy) is 2. The van der Waals surface area contributed by atoms with Crippen molar-refractivity contribution in [3.8, 4) is 33.9 Å². The van der Waals surface area contributed by atoms with Gasteiger partial charge in [0.15, 0.2) is 0 Å². The Morgan fingerprint density at radius 2 is 2.03 bits per heavy atom. The van der Waals surface area contributed by atoms with Crippen molar-refractivity contribution in [2.24, 2.45) is 0 Å². The van der Waals surface area contributed by atoms with Crippen LogP contribution in [0.4, 0.5) is 0 Å². The first-order valence-corrected chi connectivity index (χ1v) is 11.7. The van der Waals surface area contributed by atoms with Crippen molar-refractivity contribution in [3.63, 3.8) is 0 Å². The second kappa shape index (κ2) is 9.43. The second-order valence-corrected chi connectivity index (χ2v) is 9.25. The van der Waals surface area contributed by atoms with E-state index in [1.165, 1.54) is 11.4 Å². The Labute approximate surface area is 192 Å². The normalized spacial score (nSPS) is 11.6. The number of aromatic nitrogens is 3. The highest BCUT2D eigenvalue weighted by atomic mass is 32.2. The third kappa shape index (κ3) is 4.59. The lowest BCUT2D eigenvalue weighted by Gasteiger charge is -2.16. The van der Waals surface area contributed by atoms with E-state index < -0.39 is 10.0 Å². The van der Waals surface area contributed by atoms with Crippen LogP contribution in [0, 0.1) is 0 Å². The minimum absolute atomic E-state index is 0.148. The van der Waals surface area contributed by atoms with Crippen LogP contribution in [-0.4, -0.2) is 55.0 Å². The van der Waals surface area contributed by atoms with Gasteiger partial charge in [-0.3, -0.25) is 9.97 Å². The molecule has 33 heavy (non-hydrogen) atoms. The van der Waals surface area contributed by atoms with Gasteiger partial charge in [-0.25, -0.2) is 8.42 Å². The quantitative estimate of drug-likeness (QED) is 0.401. The molecule has 0 unspecified atom stereocenters. The van der Waals surface area contributed by atoms with Gasteiger partial charge in [-0.2, -0.15) is 4.31 Å². The monoisotopic (exact) mass is 464 g/mol. The third-order valence-corrected chi connectivity index (χ3v) is 6.75. The van der Waals surface area contributed by atoms with E-state index in [1.54, 1.807) is 25.7 Å². The maximum absolute atomic E-state index is 11.9. The molecule has 8 nitrogen and oxygen atoms in total. The number of hydrogen-bond donors (Lipinski definition) is 1. The molecule has 0 saturated heterocycles. The molecule has 0 fully saturated rings. The number of rotatable bonds is 9. The van der Waals surface area contributed by atoms with E-state index in [9.17, 15) is 8.42 Å². The van der Waals surface area contributed by atoms with Crippen LogP contribution in [0.5, 0.6) is 11.5 Å². The molecule has 3 heterocycles. The molecule has 4 aromatic rings. The van der Waals surface area contributed by atoms with Gasteiger partial charge in [-0.15, -0.1) is 0 Å². The van der Waals surface area contributed by atoms with E-state index in [2.05, 4.69) is 21.5 Å².